The monoisotopic (exact) mass is 486 g/mol. The molecule has 0 aromatic carbocycles. The van der Waals surface area contributed by atoms with Crippen molar-refractivity contribution < 1.29 is 18.9 Å². The molecule has 7 unspecified atom stereocenters. The van der Waals surface area contributed by atoms with Gasteiger partial charge in [0, 0.05) is 10.9 Å². The lowest BCUT2D eigenvalue weighted by Gasteiger charge is -2.40. The van der Waals surface area contributed by atoms with Crippen molar-refractivity contribution in [1.82, 2.24) is 0 Å². The molecule has 0 aromatic heterocycles. The molecule has 3 aliphatic heterocycles. The van der Waals surface area contributed by atoms with Gasteiger partial charge >= 0.3 is 0 Å². The summed E-state index contributed by atoms with van der Waals surface area (Å²) in [7, 11) is 0. The van der Waals surface area contributed by atoms with E-state index in [0.717, 1.165) is 45.1 Å². The number of fused-ring (bicyclic) bond motifs is 1. The minimum absolute atomic E-state index is 0.0543. The van der Waals surface area contributed by atoms with Gasteiger partial charge in [-0.25, -0.2) is 0 Å². The van der Waals surface area contributed by atoms with Crippen molar-refractivity contribution in [3.8, 4) is 0 Å². The van der Waals surface area contributed by atoms with E-state index in [2.05, 4.69) is 64.4 Å². The number of epoxide rings is 3. The first-order valence-corrected chi connectivity index (χ1v) is 12.9. The van der Waals surface area contributed by atoms with E-state index in [1.807, 2.05) is 0 Å². The van der Waals surface area contributed by atoms with Crippen molar-refractivity contribution in [2.24, 2.45) is 5.92 Å². The fraction of sp³-hybridized carbons (Fsp3) is 1.00. The van der Waals surface area contributed by atoms with Crippen LogP contribution in [0, 0.1) is 5.92 Å². The summed E-state index contributed by atoms with van der Waals surface area (Å²) in [5.41, 5.74) is 0.196. The van der Waals surface area contributed by atoms with Gasteiger partial charge in [0.25, 0.3) is 0 Å². The van der Waals surface area contributed by atoms with Crippen LogP contribution in [0.25, 0.3) is 0 Å². The Morgan fingerprint density at radius 2 is 1.47 bits per heavy atom. The number of alkyl halides is 1. The van der Waals surface area contributed by atoms with E-state index in [-0.39, 0.29) is 26.7 Å². The van der Waals surface area contributed by atoms with Crippen LogP contribution in [0.3, 0.4) is 0 Å². The Kier molecular flexibility index (Phi) is 6.01. The minimum atomic E-state index is -0.0972. The maximum Gasteiger partial charge on any atom is 0.0920 e. The lowest BCUT2D eigenvalue weighted by atomic mass is 9.72. The molecule has 0 spiro atoms. The van der Waals surface area contributed by atoms with Gasteiger partial charge in [-0.15, -0.1) is 0 Å². The Morgan fingerprint density at radius 1 is 0.900 bits per heavy atom. The average Bonchev–Trinajstić information content (AvgIpc) is 3.55. The quantitative estimate of drug-likeness (QED) is 0.258. The number of ether oxygens (including phenoxy) is 4. The molecule has 7 atom stereocenters. The van der Waals surface area contributed by atoms with Crippen LogP contribution < -0.4 is 0 Å². The topological polar surface area (TPSA) is 46.8 Å². The van der Waals surface area contributed by atoms with Gasteiger partial charge in [0.1, 0.15) is 0 Å². The third-order valence-electron chi connectivity index (χ3n) is 8.60. The zero-order chi connectivity index (χ0) is 22.0. The normalized spacial score (nSPS) is 42.0. The van der Waals surface area contributed by atoms with Crippen molar-refractivity contribution >= 4 is 15.9 Å². The van der Waals surface area contributed by atoms with Gasteiger partial charge in [-0.3, -0.25) is 0 Å². The molecule has 4 rings (SSSR count). The summed E-state index contributed by atoms with van der Waals surface area (Å²) in [5, 5.41) is 0. The SMILES string of the molecule is CC(Br)(CCOC(C)(CCC1OC1(C)C)C1CCC2(C)OC2C1)CCC1OC1(C)C. The highest BCUT2D eigenvalue weighted by Crippen LogP contribution is 2.53. The lowest BCUT2D eigenvalue weighted by Crippen LogP contribution is -2.42. The molecular formula is C25H43BrO4. The average molecular weight is 488 g/mol. The maximum atomic E-state index is 6.74. The number of hydrogen-bond acceptors (Lipinski definition) is 4. The van der Waals surface area contributed by atoms with Crippen LogP contribution in [0.5, 0.6) is 0 Å². The Balaban J connectivity index is 1.29. The number of rotatable bonds is 11. The van der Waals surface area contributed by atoms with Gasteiger partial charge in [-0.2, -0.15) is 0 Å². The molecule has 3 heterocycles. The molecule has 0 radical (unpaired) electrons. The molecule has 5 heteroatoms. The van der Waals surface area contributed by atoms with Gasteiger partial charge in [0.15, 0.2) is 0 Å². The first-order valence-electron chi connectivity index (χ1n) is 12.1. The summed E-state index contributed by atoms with van der Waals surface area (Å²) in [6.07, 6.45) is 10.2. The van der Waals surface area contributed by atoms with Crippen LogP contribution in [0.1, 0.15) is 99.8 Å². The Bertz CT molecular complexity index is 647. The van der Waals surface area contributed by atoms with Gasteiger partial charge in [0.05, 0.1) is 40.7 Å². The molecule has 0 amide bonds. The summed E-state index contributed by atoms with van der Waals surface area (Å²) in [4.78, 5) is 0. The van der Waals surface area contributed by atoms with Crippen LogP contribution in [-0.2, 0) is 18.9 Å². The zero-order valence-corrected chi connectivity index (χ0v) is 21.8. The summed E-state index contributed by atoms with van der Waals surface area (Å²) >= 11 is 3.97. The second-order valence-electron chi connectivity index (χ2n) is 12.2. The molecule has 1 aliphatic carbocycles. The second kappa shape index (κ2) is 7.68. The van der Waals surface area contributed by atoms with Crippen LogP contribution in [0.4, 0.5) is 0 Å². The van der Waals surface area contributed by atoms with Crippen LogP contribution in [-0.4, -0.2) is 51.6 Å². The molecule has 4 nitrogen and oxygen atoms in total. The minimum Gasteiger partial charge on any atom is -0.375 e. The van der Waals surface area contributed by atoms with E-state index < -0.39 is 0 Å². The van der Waals surface area contributed by atoms with Gasteiger partial charge < -0.3 is 18.9 Å². The predicted octanol–water partition coefficient (Wildman–Crippen LogP) is 6.18. The summed E-state index contributed by atoms with van der Waals surface area (Å²) in [6, 6.07) is 0. The summed E-state index contributed by atoms with van der Waals surface area (Å²) in [5.74, 6) is 0.571. The van der Waals surface area contributed by atoms with E-state index in [1.165, 1.54) is 12.8 Å². The largest absolute Gasteiger partial charge is 0.375 e. The fourth-order valence-corrected chi connectivity index (χ4v) is 5.93. The van der Waals surface area contributed by atoms with Crippen LogP contribution >= 0.6 is 15.9 Å². The molecular weight excluding hydrogens is 444 g/mol. The molecule has 0 bridgehead atoms. The number of hydrogen-bond donors (Lipinski definition) is 0. The molecule has 4 aliphatic rings. The summed E-state index contributed by atoms with van der Waals surface area (Å²) in [6.45, 7) is 16.5. The Hall–Kier alpha value is 0.320. The van der Waals surface area contributed by atoms with Crippen molar-refractivity contribution in [1.29, 1.82) is 0 Å². The highest BCUT2D eigenvalue weighted by molar-refractivity contribution is 9.10. The number of halogens is 1. The Morgan fingerprint density at radius 3 is 2.00 bits per heavy atom. The Labute approximate surface area is 192 Å². The molecule has 0 N–H and O–H groups in total. The standard InChI is InChI=1S/C25H43BrO4/c1-21(2)18(28-21)9-11-23(5,26)14-15-27-24(6,13-10-19-22(3,4)29-19)17-8-12-25(7)20(16-17)30-25/h17-20H,8-16H2,1-7H3. The highest BCUT2D eigenvalue weighted by Gasteiger charge is 2.58. The fourth-order valence-electron chi connectivity index (χ4n) is 5.54. The van der Waals surface area contributed by atoms with E-state index in [0.29, 0.717) is 24.2 Å². The van der Waals surface area contributed by atoms with E-state index in [9.17, 15) is 0 Å². The molecule has 3 saturated heterocycles. The second-order valence-corrected chi connectivity index (χ2v) is 14.1. The van der Waals surface area contributed by atoms with Gasteiger partial charge in [-0.05, 0) is 106 Å². The van der Waals surface area contributed by atoms with Crippen LogP contribution in [0.15, 0.2) is 0 Å². The predicted molar refractivity (Wildman–Crippen MR) is 123 cm³/mol. The van der Waals surface area contributed by atoms with Gasteiger partial charge in [-0.1, -0.05) is 15.9 Å². The highest BCUT2D eigenvalue weighted by atomic mass is 79.9. The molecule has 0 aromatic rings. The third kappa shape index (κ3) is 5.27. The van der Waals surface area contributed by atoms with Crippen molar-refractivity contribution in [3.63, 3.8) is 0 Å². The van der Waals surface area contributed by atoms with E-state index in [4.69, 9.17) is 18.9 Å². The van der Waals surface area contributed by atoms with Crippen LogP contribution in [0.2, 0.25) is 0 Å². The molecule has 174 valence electrons. The van der Waals surface area contributed by atoms with Crippen molar-refractivity contribution in [2.45, 2.75) is 145 Å². The third-order valence-corrected chi connectivity index (χ3v) is 9.39. The van der Waals surface area contributed by atoms with Gasteiger partial charge in [0.2, 0.25) is 0 Å². The van der Waals surface area contributed by atoms with Crippen molar-refractivity contribution in [3.05, 3.63) is 0 Å². The van der Waals surface area contributed by atoms with E-state index >= 15 is 0 Å². The first-order chi connectivity index (χ1) is 13.7. The molecule has 1 saturated carbocycles. The lowest BCUT2D eigenvalue weighted by molar-refractivity contribution is -0.0923. The zero-order valence-electron chi connectivity index (χ0n) is 20.2. The first kappa shape index (κ1) is 23.5. The van der Waals surface area contributed by atoms with Crippen molar-refractivity contribution in [2.75, 3.05) is 6.61 Å². The molecule has 30 heavy (non-hydrogen) atoms. The smallest absolute Gasteiger partial charge is 0.0920 e. The van der Waals surface area contributed by atoms with E-state index in [1.54, 1.807) is 0 Å². The maximum absolute atomic E-state index is 6.74. The molecule has 4 fully saturated rings. The summed E-state index contributed by atoms with van der Waals surface area (Å²) < 4.78 is 24.5.